The van der Waals surface area contributed by atoms with Gasteiger partial charge in [-0.15, -0.1) is 10.2 Å². The van der Waals surface area contributed by atoms with Crippen molar-refractivity contribution < 1.29 is 18.6 Å². The van der Waals surface area contributed by atoms with Gasteiger partial charge >= 0.3 is 0 Å². The summed E-state index contributed by atoms with van der Waals surface area (Å²) in [5, 5.41) is 8.54. The summed E-state index contributed by atoms with van der Waals surface area (Å²) < 4.78 is 22.1. The van der Waals surface area contributed by atoms with Crippen LogP contribution in [0.5, 0.6) is 17.2 Å². The monoisotopic (exact) mass is 422 g/mol. The molecule has 0 amide bonds. The lowest BCUT2D eigenvalue weighted by atomic mass is 10.1. The van der Waals surface area contributed by atoms with Crippen LogP contribution in [0.15, 0.2) is 46.9 Å². The molecular weight excluding hydrogens is 396 g/mol. The van der Waals surface area contributed by atoms with Crippen molar-refractivity contribution in [3.63, 3.8) is 0 Å². The van der Waals surface area contributed by atoms with E-state index < -0.39 is 0 Å². The number of methoxy groups -OCH3 is 1. The summed E-state index contributed by atoms with van der Waals surface area (Å²) in [6.45, 7) is 7.21. The third kappa shape index (κ3) is 4.22. The number of benzene rings is 2. The number of rotatable bonds is 6. The van der Waals surface area contributed by atoms with Crippen molar-refractivity contribution in [2.24, 2.45) is 0 Å². The zero-order valence-corrected chi connectivity index (χ0v) is 17.8. The highest BCUT2D eigenvalue weighted by molar-refractivity contribution is 5.54. The lowest BCUT2D eigenvalue weighted by Crippen LogP contribution is -2.46. The number of hydrogen-bond donors (Lipinski definition) is 0. The van der Waals surface area contributed by atoms with Gasteiger partial charge in [-0.2, -0.15) is 0 Å². The molecule has 8 nitrogen and oxygen atoms in total. The van der Waals surface area contributed by atoms with E-state index in [0.29, 0.717) is 18.6 Å². The quantitative estimate of drug-likeness (QED) is 0.599. The van der Waals surface area contributed by atoms with Crippen molar-refractivity contribution in [2.75, 3.05) is 40.1 Å². The summed E-state index contributed by atoms with van der Waals surface area (Å²) in [5.41, 5.74) is 2.13. The fourth-order valence-electron chi connectivity index (χ4n) is 4.02. The fraction of sp³-hybridized carbons (Fsp3) is 0.391. The average Bonchev–Trinajstić information content (AvgIpc) is 3.49. The Bertz CT molecular complexity index is 1030. The zero-order chi connectivity index (χ0) is 21.2. The second-order valence-corrected chi connectivity index (χ2v) is 7.85. The van der Waals surface area contributed by atoms with Gasteiger partial charge in [0.15, 0.2) is 11.5 Å². The normalized spacial score (nSPS) is 17.6. The molecule has 8 heteroatoms. The molecule has 2 aliphatic rings. The van der Waals surface area contributed by atoms with E-state index in [9.17, 15) is 0 Å². The Morgan fingerprint density at radius 1 is 0.968 bits per heavy atom. The van der Waals surface area contributed by atoms with Crippen molar-refractivity contribution in [2.45, 2.75) is 19.5 Å². The molecule has 3 heterocycles. The van der Waals surface area contributed by atoms with Gasteiger partial charge in [0.2, 0.25) is 18.6 Å². The molecule has 31 heavy (non-hydrogen) atoms. The number of ether oxygens (including phenoxy) is 3. The number of hydrogen-bond acceptors (Lipinski definition) is 8. The fourth-order valence-corrected chi connectivity index (χ4v) is 4.02. The first-order valence-electron chi connectivity index (χ1n) is 10.5. The summed E-state index contributed by atoms with van der Waals surface area (Å²) in [5.74, 6) is 3.65. The Morgan fingerprint density at radius 2 is 1.74 bits per heavy atom. The van der Waals surface area contributed by atoms with Crippen LogP contribution in [0.3, 0.4) is 0 Å². The largest absolute Gasteiger partial charge is 0.497 e. The van der Waals surface area contributed by atoms with Crippen molar-refractivity contribution in [3.8, 4) is 28.7 Å². The Balaban J connectivity index is 1.17. The van der Waals surface area contributed by atoms with Crippen LogP contribution in [-0.4, -0.2) is 60.1 Å². The minimum absolute atomic E-state index is 0.0761. The maximum Gasteiger partial charge on any atom is 0.247 e. The standard InChI is InChI=1S/C23H26N4O4/c1-16(22-24-25-23(31-22)18-4-6-19(28-2)7-5-18)27-11-9-26(10-12-27)14-17-3-8-20-21(13-17)30-15-29-20/h3-8,13,16H,9-12,14-15H2,1-2H3/t16-/m0/s1. The summed E-state index contributed by atoms with van der Waals surface area (Å²) in [7, 11) is 1.65. The molecule has 162 valence electrons. The van der Waals surface area contributed by atoms with Crippen LogP contribution in [0.1, 0.15) is 24.4 Å². The van der Waals surface area contributed by atoms with Gasteiger partial charge in [0.25, 0.3) is 0 Å². The van der Waals surface area contributed by atoms with Crippen LogP contribution < -0.4 is 14.2 Å². The first-order chi connectivity index (χ1) is 15.2. The van der Waals surface area contributed by atoms with E-state index in [0.717, 1.165) is 55.5 Å². The third-order valence-electron chi connectivity index (χ3n) is 5.93. The van der Waals surface area contributed by atoms with Crippen LogP contribution in [0.25, 0.3) is 11.5 Å². The van der Waals surface area contributed by atoms with E-state index in [1.807, 2.05) is 30.3 Å². The molecule has 0 radical (unpaired) electrons. The van der Waals surface area contributed by atoms with Crippen molar-refractivity contribution >= 4 is 0 Å². The molecule has 3 aromatic rings. The van der Waals surface area contributed by atoms with Gasteiger partial charge in [-0.25, -0.2) is 0 Å². The minimum atomic E-state index is 0.0761. The summed E-state index contributed by atoms with van der Waals surface area (Å²) in [6, 6.07) is 13.9. The van der Waals surface area contributed by atoms with E-state index in [4.69, 9.17) is 18.6 Å². The molecule has 0 saturated carbocycles. The Morgan fingerprint density at radius 3 is 2.52 bits per heavy atom. The molecule has 0 aliphatic carbocycles. The maximum atomic E-state index is 5.98. The lowest BCUT2D eigenvalue weighted by Gasteiger charge is -2.36. The minimum Gasteiger partial charge on any atom is -0.497 e. The van der Waals surface area contributed by atoms with E-state index in [1.165, 1.54) is 5.56 Å². The molecule has 0 N–H and O–H groups in total. The van der Waals surface area contributed by atoms with Crippen LogP contribution in [-0.2, 0) is 6.54 Å². The predicted molar refractivity (Wildman–Crippen MR) is 114 cm³/mol. The van der Waals surface area contributed by atoms with E-state index >= 15 is 0 Å². The Labute approximate surface area is 181 Å². The molecular formula is C23H26N4O4. The maximum absolute atomic E-state index is 5.98. The number of piperazine rings is 1. The van der Waals surface area contributed by atoms with E-state index in [1.54, 1.807) is 7.11 Å². The second kappa shape index (κ2) is 8.56. The highest BCUT2D eigenvalue weighted by atomic mass is 16.7. The van der Waals surface area contributed by atoms with Crippen LogP contribution >= 0.6 is 0 Å². The van der Waals surface area contributed by atoms with Crippen molar-refractivity contribution in [1.29, 1.82) is 0 Å². The van der Waals surface area contributed by atoms with Gasteiger partial charge in [0, 0.05) is 38.3 Å². The lowest BCUT2D eigenvalue weighted by molar-refractivity contribution is 0.0875. The Kier molecular flexibility index (Phi) is 5.48. The van der Waals surface area contributed by atoms with Gasteiger partial charge in [-0.3, -0.25) is 9.80 Å². The molecule has 1 fully saturated rings. The molecule has 0 unspecified atom stereocenters. The van der Waals surface area contributed by atoms with Gasteiger partial charge in [-0.1, -0.05) is 6.07 Å². The summed E-state index contributed by atoms with van der Waals surface area (Å²) in [4.78, 5) is 4.85. The van der Waals surface area contributed by atoms with Crippen molar-refractivity contribution in [3.05, 3.63) is 53.9 Å². The number of aromatic nitrogens is 2. The molecule has 1 atom stereocenters. The smallest absolute Gasteiger partial charge is 0.247 e. The van der Waals surface area contributed by atoms with Crippen LogP contribution in [0, 0.1) is 0 Å². The second-order valence-electron chi connectivity index (χ2n) is 7.85. The summed E-state index contributed by atoms with van der Waals surface area (Å²) in [6.07, 6.45) is 0. The first kappa shape index (κ1) is 19.8. The van der Waals surface area contributed by atoms with Crippen LogP contribution in [0.2, 0.25) is 0 Å². The van der Waals surface area contributed by atoms with Gasteiger partial charge in [0.1, 0.15) is 5.75 Å². The average molecular weight is 422 g/mol. The molecule has 0 spiro atoms. The van der Waals surface area contributed by atoms with Crippen LogP contribution in [0.4, 0.5) is 0 Å². The molecule has 1 aromatic heterocycles. The number of fused-ring (bicyclic) bond motifs is 1. The highest BCUT2D eigenvalue weighted by Gasteiger charge is 2.26. The summed E-state index contributed by atoms with van der Waals surface area (Å²) >= 11 is 0. The van der Waals surface area contributed by atoms with E-state index in [-0.39, 0.29) is 6.04 Å². The SMILES string of the molecule is COc1ccc(-c2nnc([C@H](C)N3CCN(Cc4ccc5c(c4)OCO5)CC3)o2)cc1. The van der Waals surface area contributed by atoms with Crippen molar-refractivity contribution in [1.82, 2.24) is 20.0 Å². The predicted octanol–water partition coefficient (Wildman–Crippen LogP) is 3.35. The Hall–Kier alpha value is -3.10. The molecule has 2 aromatic carbocycles. The van der Waals surface area contributed by atoms with Gasteiger partial charge in [0.05, 0.1) is 13.2 Å². The third-order valence-corrected chi connectivity index (χ3v) is 5.93. The molecule has 2 aliphatic heterocycles. The molecule has 0 bridgehead atoms. The zero-order valence-electron chi connectivity index (χ0n) is 17.8. The highest BCUT2D eigenvalue weighted by Crippen LogP contribution is 2.33. The first-order valence-corrected chi connectivity index (χ1v) is 10.5. The van der Waals surface area contributed by atoms with Gasteiger partial charge in [-0.05, 0) is 48.9 Å². The molecule has 1 saturated heterocycles. The topological polar surface area (TPSA) is 73.1 Å². The number of nitrogens with zero attached hydrogens (tertiary/aromatic N) is 4. The van der Waals surface area contributed by atoms with Gasteiger partial charge < -0.3 is 18.6 Å². The van der Waals surface area contributed by atoms with E-state index in [2.05, 4.69) is 39.1 Å². The molecule has 5 rings (SSSR count).